The minimum Gasteiger partial charge on any atom is -0.224 e. The fourth-order valence-corrected chi connectivity index (χ4v) is 0.561. The number of rotatable bonds is 0. The van der Waals surface area contributed by atoms with Crippen molar-refractivity contribution in [3.05, 3.63) is 28.8 Å². The molecule has 54 valence electrons. The minimum atomic E-state index is -1.41. The third kappa shape index (κ3) is 1.07. The van der Waals surface area contributed by atoms with E-state index >= 15 is 0 Å². The van der Waals surface area contributed by atoms with Gasteiger partial charge in [-0.2, -0.15) is 4.39 Å². The van der Waals surface area contributed by atoms with Crippen molar-refractivity contribution in [1.29, 1.82) is 0 Å². The SMILES string of the molecule is Fc1cnc(F)c(Cl)c1F. The summed E-state index contributed by atoms with van der Waals surface area (Å²) in [7, 11) is 0. The monoisotopic (exact) mass is 167 g/mol. The molecule has 5 heteroatoms. The van der Waals surface area contributed by atoms with Gasteiger partial charge in [-0.05, 0) is 0 Å². The van der Waals surface area contributed by atoms with Gasteiger partial charge in [-0.1, -0.05) is 11.6 Å². The largest absolute Gasteiger partial charge is 0.234 e. The summed E-state index contributed by atoms with van der Waals surface area (Å²) in [5.41, 5.74) is 0. The van der Waals surface area contributed by atoms with Crippen molar-refractivity contribution in [2.24, 2.45) is 0 Å². The Morgan fingerprint density at radius 1 is 1.30 bits per heavy atom. The summed E-state index contributed by atoms with van der Waals surface area (Å²) in [6.07, 6.45) is 0.427. The lowest BCUT2D eigenvalue weighted by Gasteiger charge is -1.93. The zero-order valence-electron chi connectivity index (χ0n) is 4.54. The molecular formula is C5HClF3N. The van der Waals surface area contributed by atoms with Gasteiger partial charge in [-0.3, -0.25) is 0 Å². The van der Waals surface area contributed by atoms with Gasteiger partial charge in [0.25, 0.3) is 0 Å². The predicted octanol–water partition coefficient (Wildman–Crippen LogP) is 2.15. The molecule has 0 N–H and O–H groups in total. The molecule has 1 aromatic heterocycles. The standard InChI is InChI=1S/C5HClF3N/c6-3-4(8)2(7)1-10-5(3)9/h1H. The van der Waals surface area contributed by atoms with E-state index in [9.17, 15) is 13.2 Å². The van der Waals surface area contributed by atoms with E-state index in [0.717, 1.165) is 0 Å². The van der Waals surface area contributed by atoms with E-state index in [1.165, 1.54) is 0 Å². The van der Waals surface area contributed by atoms with Crippen molar-refractivity contribution < 1.29 is 13.2 Å². The number of pyridine rings is 1. The molecule has 0 bridgehead atoms. The predicted molar refractivity (Wildman–Crippen MR) is 29.1 cm³/mol. The highest BCUT2D eigenvalue weighted by molar-refractivity contribution is 6.30. The summed E-state index contributed by atoms with van der Waals surface area (Å²) in [5, 5.41) is -0.917. The highest BCUT2D eigenvalue weighted by atomic mass is 35.5. The van der Waals surface area contributed by atoms with Crippen molar-refractivity contribution in [1.82, 2.24) is 4.98 Å². The Kier molecular flexibility index (Phi) is 1.80. The van der Waals surface area contributed by atoms with Crippen LogP contribution < -0.4 is 0 Å². The third-order valence-corrected chi connectivity index (χ3v) is 1.20. The normalized spacial score (nSPS) is 10.0. The Morgan fingerprint density at radius 2 is 1.90 bits per heavy atom. The molecule has 0 saturated carbocycles. The van der Waals surface area contributed by atoms with Crippen LogP contribution in [-0.2, 0) is 0 Å². The summed E-state index contributed by atoms with van der Waals surface area (Å²) in [4.78, 5) is 2.83. The van der Waals surface area contributed by atoms with Crippen LogP contribution >= 0.6 is 11.6 Å². The van der Waals surface area contributed by atoms with Gasteiger partial charge < -0.3 is 0 Å². The maximum absolute atomic E-state index is 12.2. The van der Waals surface area contributed by atoms with Gasteiger partial charge in [0.1, 0.15) is 5.02 Å². The Morgan fingerprint density at radius 3 is 2.40 bits per heavy atom. The second-order valence-electron chi connectivity index (χ2n) is 1.52. The second-order valence-corrected chi connectivity index (χ2v) is 1.90. The fraction of sp³-hybridized carbons (Fsp3) is 0. The van der Waals surface area contributed by atoms with E-state index in [-0.39, 0.29) is 0 Å². The Labute approximate surface area is 59.5 Å². The lowest BCUT2D eigenvalue weighted by atomic mass is 10.4. The topological polar surface area (TPSA) is 12.9 Å². The summed E-state index contributed by atoms with van der Waals surface area (Å²) in [6.45, 7) is 0. The molecule has 0 amide bonds. The van der Waals surface area contributed by atoms with Crippen molar-refractivity contribution >= 4 is 11.6 Å². The molecule has 1 rings (SSSR count). The Bertz CT molecular complexity index is 236. The van der Waals surface area contributed by atoms with Crippen LogP contribution in [0.25, 0.3) is 0 Å². The highest BCUT2D eigenvalue weighted by Gasteiger charge is 2.11. The summed E-state index contributed by atoms with van der Waals surface area (Å²) >= 11 is 4.93. The van der Waals surface area contributed by atoms with Gasteiger partial charge in [-0.25, -0.2) is 13.8 Å². The molecule has 0 saturated heterocycles. The minimum absolute atomic E-state index is 0.427. The van der Waals surface area contributed by atoms with E-state index in [1.54, 1.807) is 0 Å². The molecule has 0 aliphatic heterocycles. The maximum Gasteiger partial charge on any atom is 0.234 e. The summed E-state index contributed by atoms with van der Waals surface area (Å²) in [6, 6.07) is 0. The number of halogens is 4. The van der Waals surface area contributed by atoms with Crippen LogP contribution in [0.4, 0.5) is 13.2 Å². The molecule has 0 aromatic carbocycles. The average molecular weight is 168 g/mol. The van der Waals surface area contributed by atoms with Gasteiger partial charge in [0.15, 0.2) is 11.6 Å². The van der Waals surface area contributed by atoms with Gasteiger partial charge in [-0.15, -0.1) is 0 Å². The van der Waals surface area contributed by atoms with Crippen LogP contribution in [0.1, 0.15) is 0 Å². The third-order valence-electron chi connectivity index (χ3n) is 0.875. The first-order valence-corrected chi connectivity index (χ1v) is 2.65. The molecule has 0 fully saturated rings. The summed E-state index contributed by atoms with van der Waals surface area (Å²) < 4.78 is 36.4. The highest BCUT2D eigenvalue weighted by Crippen LogP contribution is 2.17. The van der Waals surface area contributed by atoms with Gasteiger partial charge in [0.05, 0.1) is 6.20 Å². The molecule has 0 aliphatic carbocycles. The second kappa shape index (κ2) is 2.46. The molecule has 1 nitrogen and oxygen atoms in total. The lowest BCUT2D eigenvalue weighted by molar-refractivity contribution is 0.479. The molecule has 10 heavy (non-hydrogen) atoms. The molecule has 0 unspecified atom stereocenters. The van der Waals surface area contributed by atoms with Gasteiger partial charge in [0.2, 0.25) is 5.95 Å². The maximum atomic E-state index is 12.2. The first kappa shape index (κ1) is 7.34. The van der Waals surface area contributed by atoms with Crippen LogP contribution in [0.3, 0.4) is 0 Å². The number of aromatic nitrogens is 1. The zero-order chi connectivity index (χ0) is 7.72. The molecule has 0 spiro atoms. The van der Waals surface area contributed by atoms with E-state index in [1.807, 2.05) is 0 Å². The van der Waals surface area contributed by atoms with E-state index in [2.05, 4.69) is 4.98 Å². The van der Waals surface area contributed by atoms with E-state index in [4.69, 9.17) is 11.6 Å². The van der Waals surface area contributed by atoms with E-state index < -0.39 is 22.6 Å². The Hall–Kier alpha value is -0.770. The summed E-state index contributed by atoms with van der Waals surface area (Å²) in [5.74, 6) is -3.87. The Balaban J connectivity index is 3.34. The zero-order valence-corrected chi connectivity index (χ0v) is 5.29. The molecular weight excluding hydrogens is 167 g/mol. The van der Waals surface area contributed by atoms with Crippen LogP contribution in [0, 0.1) is 17.6 Å². The van der Waals surface area contributed by atoms with E-state index in [0.29, 0.717) is 6.20 Å². The van der Waals surface area contributed by atoms with Crippen molar-refractivity contribution in [3.63, 3.8) is 0 Å². The number of hydrogen-bond donors (Lipinski definition) is 0. The molecule has 0 radical (unpaired) electrons. The fourth-order valence-electron chi connectivity index (χ4n) is 0.422. The quantitative estimate of drug-likeness (QED) is 0.540. The smallest absolute Gasteiger partial charge is 0.224 e. The van der Waals surface area contributed by atoms with Crippen LogP contribution in [0.5, 0.6) is 0 Å². The molecule has 1 heterocycles. The first-order valence-electron chi connectivity index (χ1n) is 2.28. The molecule has 0 aliphatic rings. The molecule has 0 atom stereocenters. The van der Waals surface area contributed by atoms with Gasteiger partial charge >= 0.3 is 0 Å². The van der Waals surface area contributed by atoms with Crippen LogP contribution in [0.15, 0.2) is 6.20 Å². The van der Waals surface area contributed by atoms with Crippen LogP contribution in [-0.4, -0.2) is 4.98 Å². The first-order chi connectivity index (χ1) is 4.63. The molecule has 1 aromatic rings. The van der Waals surface area contributed by atoms with Crippen LogP contribution in [0.2, 0.25) is 5.02 Å². The number of nitrogens with zero attached hydrogens (tertiary/aromatic N) is 1. The van der Waals surface area contributed by atoms with Crippen molar-refractivity contribution in [3.8, 4) is 0 Å². The average Bonchev–Trinajstić information content (AvgIpc) is 1.93. The lowest BCUT2D eigenvalue weighted by Crippen LogP contribution is -1.92. The van der Waals surface area contributed by atoms with Gasteiger partial charge in [0, 0.05) is 0 Å². The van der Waals surface area contributed by atoms with Crippen molar-refractivity contribution in [2.75, 3.05) is 0 Å². The number of hydrogen-bond acceptors (Lipinski definition) is 1. The van der Waals surface area contributed by atoms with Crippen molar-refractivity contribution in [2.45, 2.75) is 0 Å².